The second kappa shape index (κ2) is 13.2. The van der Waals surface area contributed by atoms with Crippen LogP contribution in [-0.2, 0) is 14.2 Å². The van der Waals surface area contributed by atoms with Crippen molar-refractivity contribution in [2.24, 2.45) is 0 Å². The zero-order valence-electron chi connectivity index (χ0n) is 22.9. The van der Waals surface area contributed by atoms with Gasteiger partial charge in [0.25, 0.3) is 0 Å². The van der Waals surface area contributed by atoms with Crippen molar-refractivity contribution in [3.8, 4) is 17.0 Å². The van der Waals surface area contributed by atoms with Crippen molar-refractivity contribution in [1.29, 1.82) is 0 Å². The molecule has 0 unspecified atom stereocenters. The van der Waals surface area contributed by atoms with Gasteiger partial charge in [0.2, 0.25) is 0 Å². The standard InChI is InChI=1S/C29H38FN3O6/c1-29(2,3)39-28(35)33-25-8-7-24(38-16-15-37-14-13-36-12-10-30)17-22(25)18-26(33)21-6-9-27(31-19-21)32-11-4-5-23(34)20-32/h6-9,17-19,23,34H,4-5,10-16,20H2,1-3H3/t23-/m1/s1. The predicted octanol–water partition coefficient (Wildman–Crippen LogP) is 4.83. The first kappa shape index (κ1) is 28.8. The second-order valence-electron chi connectivity index (χ2n) is 10.5. The number of ether oxygens (including phenoxy) is 4. The highest BCUT2D eigenvalue weighted by Gasteiger charge is 2.24. The summed E-state index contributed by atoms with van der Waals surface area (Å²) in [6.45, 7) is 7.90. The molecule has 3 heterocycles. The predicted molar refractivity (Wildman–Crippen MR) is 147 cm³/mol. The van der Waals surface area contributed by atoms with Crippen LogP contribution in [0.1, 0.15) is 33.6 Å². The van der Waals surface area contributed by atoms with E-state index in [2.05, 4.69) is 9.88 Å². The molecule has 9 nitrogen and oxygen atoms in total. The van der Waals surface area contributed by atoms with Crippen LogP contribution in [0.25, 0.3) is 22.2 Å². The smallest absolute Gasteiger partial charge is 0.419 e. The highest BCUT2D eigenvalue weighted by atomic mass is 19.1. The molecule has 0 saturated carbocycles. The van der Waals surface area contributed by atoms with Crippen LogP contribution >= 0.6 is 0 Å². The van der Waals surface area contributed by atoms with E-state index in [0.29, 0.717) is 49.9 Å². The lowest BCUT2D eigenvalue weighted by atomic mass is 10.1. The third-order valence-corrected chi connectivity index (χ3v) is 6.20. The summed E-state index contributed by atoms with van der Waals surface area (Å²) in [6.07, 6.45) is 2.65. The van der Waals surface area contributed by atoms with Crippen LogP contribution in [-0.4, -0.2) is 85.3 Å². The van der Waals surface area contributed by atoms with Crippen molar-refractivity contribution in [3.05, 3.63) is 42.6 Å². The van der Waals surface area contributed by atoms with Crippen LogP contribution in [0.5, 0.6) is 5.75 Å². The molecule has 1 aromatic carbocycles. The molecule has 1 atom stereocenters. The number of hydrogen-bond acceptors (Lipinski definition) is 8. The van der Waals surface area contributed by atoms with Crippen molar-refractivity contribution < 1.29 is 33.2 Å². The number of fused-ring (bicyclic) bond motifs is 1. The van der Waals surface area contributed by atoms with E-state index < -0.39 is 18.4 Å². The van der Waals surface area contributed by atoms with Gasteiger partial charge >= 0.3 is 6.09 Å². The number of benzene rings is 1. The lowest BCUT2D eigenvalue weighted by Gasteiger charge is -2.31. The average Bonchev–Trinajstić information content (AvgIpc) is 3.28. The molecule has 0 radical (unpaired) electrons. The number of piperidine rings is 1. The number of nitrogens with zero attached hydrogens (tertiary/aromatic N) is 3. The quantitative estimate of drug-likeness (QED) is 0.344. The topological polar surface area (TPSA) is 95.3 Å². The van der Waals surface area contributed by atoms with Gasteiger partial charge in [-0.25, -0.2) is 18.7 Å². The number of pyridine rings is 1. The number of aromatic nitrogens is 2. The molecule has 4 rings (SSSR count). The molecule has 2 aromatic heterocycles. The molecule has 1 aliphatic heterocycles. The first-order valence-electron chi connectivity index (χ1n) is 13.4. The minimum atomic E-state index is -0.665. The van der Waals surface area contributed by atoms with Crippen LogP contribution in [0.2, 0.25) is 0 Å². The summed E-state index contributed by atoms with van der Waals surface area (Å²) in [4.78, 5) is 20.0. The van der Waals surface area contributed by atoms with Gasteiger partial charge < -0.3 is 29.0 Å². The van der Waals surface area contributed by atoms with Crippen molar-refractivity contribution in [2.75, 3.05) is 57.7 Å². The molecular formula is C29H38FN3O6. The lowest BCUT2D eigenvalue weighted by Crippen LogP contribution is -2.38. The zero-order valence-corrected chi connectivity index (χ0v) is 22.9. The Hall–Kier alpha value is -3.21. The molecule has 0 amide bonds. The Labute approximate surface area is 228 Å². The summed E-state index contributed by atoms with van der Waals surface area (Å²) < 4.78 is 35.6. The number of anilines is 1. The van der Waals surface area contributed by atoms with E-state index in [4.69, 9.17) is 18.9 Å². The van der Waals surface area contributed by atoms with Gasteiger partial charge in [-0.1, -0.05) is 0 Å². The molecule has 1 aliphatic rings. The lowest BCUT2D eigenvalue weighted by molar-refractivity contribution is 0.0325. The van der Waals surface area contributed by atoms with E-state index >= 15 is 0 Å². The Balaban J connectivity index is 1.53. The van der Waals surface area contributed by atoms with Gasteiger partial charge in [0.1, 0.15) is 30.4 Å². The summed E-state index contributed by atoms with van der Waals surface area (Å²) in [7, 11) is 0. The number of aliphatic hydroxyl groups is 1. The molecule has 0 aliphatic carbocycles. The zero-order chi connectivity index (χ0) is 27.8. The van der Waals surface area contributed by atoms with Crippen LogP contribution in [0.15, 0.2) is 42.6 Å². The number of β-amino-alcohol motifs (C(OH)–C–C–N with tert-alkyl or cyclic N) is 1. The van der Waals surface area contributed by atoms with Crippen molar-refractivity contribution in [2.45, 2.75) is 45.3 Å². The minimum Gasteiger partial charge on any atom is -0.491 e. The monoisotopic (exact) mass is 543 g/mol. The summed E-state index contributed by atoms with van der Waals surface area (Å²) in [5, 5.41) is 10.8. The molecule has 1 N–H and O–H groups in total. The van der Waals surface area contributed by atoms with E-state index in [0.717, 1.165) is 36.2 Å². The maximum absolute atomic E-state index is 13.3. The Kier molecular flexibility index (Phi) is 9.77. The fourth-order valence-corrected chi connectivity index (χ4v) is 4.48. The largest absolute Gasteiger partial charge is 0.491 e. The van der Waals surface area contributed by atoms with E-state index in [1.165, 1.54) is 0 Å². The minimum absolute atomic E-state index is 0.0770. The van der Waals surface area contributed by atoms with Crippen molar-refractivity contribution >= 4 is 22.8 Å². The molecular weight excluding hydrogens is 505 g/mol. The fourth-order valence-electron chi connectivity index (χ4n) is 4.48. The van der Waals surface area contributed by atoms with Crippen LogP contribution in [0, 0.1) is 0 Å². The normalized spacial score (nSPS) is 16.0. The second-order valence-corrected chi connectivity index (χ2v) is 10.5. The molecule has 1 saturated heterocycles. The number of carbonyl (C=O) groups excluding carboxylic acids is 1. The summed E-state index contributed by atoms with van der Waals surface area (Å²) in [6, 6.07) is 11.3. The number of hydrogen-bond donors (Lipinski definition) is 1. The van der Waals surface area contributed by atoms with Gasteiger partial charge in [-0.15, -0.1) is 0 Å². The van der Waals surface area contributed by atoms with Gasteiger partial charge in [-0.2, -0.15) is 0 Å². The molecule has 10 heteroatoms. The van der Waals surface area contributed by atoms with Crippen LogP contribution in [0.3, 0.4) is 0 Å². The highest BCUT2D eigenvalue weighted by molar-refractivity contribution is 5.96. The van der Waals surface area contributed by atoms with Crippen LogP contribution < -0.4 is 9.64 Å². The van der Waals surface area contributed by atoms with E-state index in [-0.39, 0.29) is 12.7 Å². The third-order valence-electron chi connectivity index (χ3n) is 6.20. The van der Waals surface area contributed by atoms with Gasteiger partial charge in [0.05, 0.1) is 43.7 Å². The highest BCUT2D eigenvalue weighted by Crippen LogP contribution is 2.32. The van der Waals surface area contributed by atoms with Crippen molar-refractivity contribution in [1.82, 2.24) is 9.55 Å². The molecule has 1 fully saturated rings. The van der Waals surface area contributed by atoms with E-state index in [1.54, 1.807) is 16.8 Å². The Morgan fingerprint density at radius 2 is 1.85 bits per heavy atom. The summed E-state index contributed by atoms with van der Waals surface area (Å²) >= 11 is 0. The number of carbonyl (C=O) groups is 1. The van der Waals surface area contributed by atoms with E-state index in [1.807, 2.05) is 51.1 Å². The maximum Gasteiger partial charge on any atom is 0.419 e. The first-order valence-corrected chi connectivity index (χ1v) is 13.4. The molecule has 39 heavy (non-hydrogen) atoms. The fraction of sp³-hybridized carbons (Fsp3) is 0.517. The average molecular weight is 544 g/mol. The van der Waals surface area contributed by atoms with E-state index in [9.17, 15) is 14.3 Å². The Morgan fingerprint density at radius 1 is 1.08 bits per heavy atom. The first-order chi connectivity index (χ1) is 18.7. The number of aliphatic hydroxyl groups excluding tert-OH is 1. The van der Waals surface area contributed by atoms with Crippen molar-refractivity contribution in [3.63, 3.8) is 0 Å². The van der Waals surface area contributed by atoms with Gasteiger partial charge in [-0.3, -0.25) is 0 Å². The summed E-state index contributed by atoms with van der Waals surface area (Å²) in [5.41, 5.74) is 1.45. The molecule has 3 aromatic rings. The number of alkyl halides is 1. The third kappa shape index (κ3) is 7.90. The van der Waals surface area contributed by atoms with Crippen LogP contribution in [0.4, 0.5) is 15.0 Å². The number of rotatable bonds is 11. The van der Waals surface area contributed by atoms with Gasteiger partial charge in [-0.05, 0) is 70.0 Å². The van der Waals surface area contributed by atoms with Gasteiger partial charge in [0, 0.05) is 30.2 Å². The van der Waals surface area contributed by atoms with Gasteiger partial charge in [0.15, 0.2) is 0 Å². The Bertz CT molecular complexity index is 1220. The SMILES string of the molecule is CC(C)(C)OC(=O)n1c(-c2ccc(N3CCC[C@@H](O)C3)nc2)cc2cc(OCCOCCOCCF)ccc21. The molecule has 0 spiro atoms. The molecule has 0 bridgehead atoms. The Morgan fingerprint density at radius 3 is 2.54 bits per heavy atom. The summed E-state index contributed by atoms with van der Waals surface area (Å²) in [5.74, 6) is 1.44. The maximum atomic E-state index is 13.3. The molecule has 212 valence electrons. The number of halogens is 1.